The zero-order chi connectivity index (χ0) is 14.7. The molecule has 0 spiro atoms. The number of carbonyl (C=O) groups is 1. The second kappa shape index (κ2) is 5.79. The van der Waals surface area contributed by atoms with Gasteiger partial charge in [-0.05, 0) is 31.5 Å². The number of hydrogen-bond donors (Lipinski definition) is 2. The number of nitrogens with two attached hydrogens (primary N) is 1. The summed E-state index contributed by atoms with van der Waals surface area (Å²) in [6, 6.07) is 5.40. The van der Waals surface area contributed by atoms with E-state index >= 15 is 0 Å². The molecule has 0 atom stereocenters. The first-order valence-electron chi connectivity index (χ1n) is 6.29. The van der Waals surface area contributed by atoms with E-state index in [-0.39, 0.29) is 12.5 Å². The summed E-state index contributed by atoms with van der Waals surface area (Å²) >= 11 is 0. The van der Waals surface area contributed by atoms with Gasteiger partial charge in [0.25, 0.3) is 5.91 Å². The maximum atomic E-state index is 12.1. The fourth-order valence-electron chi connectivity index (χ4n) is 2.08. The van der Waals surface area contributed by atoms with Crippen LogP contribution in [0, 0.1) is 13.8 Å². The SMILES string of the molecule is COc1c(C)ccc(NC(=O)c2coc(CN)c2)c1C. The van der Waals surface area contributed by atoms with Crippen LogP contribution in [0.4, 0.5) is 5.69 Å². The molecular weight excluding hydrogens is 256 g/mol. The van der Waals surface area contributed by atoms with E-state index in [0.29, 0.717) is 17.0 Å². The number of benzene rings is 1. The quantitative estimate of drug-likeness (QED) is 0.898. The third kappa shape index (κ3) is 2.67. The number of amides is 1. The Hall–Kier alpha value is -2.27. The van der Waals surface area contributed by atoms with Crippen LogP contribution in [-0.2, 0) is 6.54 Å². The van der Waals surface area contributed by atoms with Crippen molar-refractivity contribution in [3.63, 3.8) is 0 Å². The fourth-order valence-corrected chi connectivity index (χ4v) is 2.08. The third-order valence-corrected chi connectivity index (χ3v) is 3.17. The first kappa shape index (κ1) is 14.1. The number of ether oxygens (including phenoxy) is 1. The van der Waals surface area contributed by atoms with Gasteiger partial charge in [0.1, 0.15) is 17.8 Å². The summed E-state index contributed by atoms with van der Waals surface area (Å²) in [6.45, 7) is 4.13. The predicted octanol–water partition coefficient (Wildman–Crippen LogP) is 2.62. The zero-order valence-corrected chi connectivity index (χ0v) is 11.8. The highest BCUT2D eigenvalue weighted by Gasteiger charge is 2.13. The van der Waals surface area contributed by atoms with Crippen LogP contribution in [0.2, 0.25) is 0 Å². The van der Waals surface area contributed by atoms with Gasteiger partial charge in [0, 0.05) is 11.3 Å². The van der Waals surface area contributed by atoms with Gasteiger partial charge in [-0.2, -0.15) is 0 Å². The van der Waals surface area contributed by atoms with Crippen molar-refractivity contribution < 1.29 is 13.9 Å². The van der Waals surface area contributed by atoms with Gasteiger partial charge in [-0.1, -0.05) is 6.07 Å². The molecule has 0 aliphatic carbocycles. The normalized spacial score (nSPS) is 10.4. The van der Waals surface area contributed by atoms with Crippen molar-refractivity contribution in [2.75, 3.05) is 12.4 Å². The molecule has 0 saturated heterocycles. The van der Waals surface area contributed by atoms with Gasteiger partial charge in [-0.15, -0.1) is 0 Å². The minimum atomic E-state index is -0.234. The summed E-state index contributed by atoms with van der Waals surface area (Å²) in [5.41, 5.74) is 8.53. The molecule has 0 radical (unpaired) electrons. The van der Waals surface area contributed by atoms with Crippen molar-refractivity contribution >= 4 is 11.6 Å². The number of furan rings is 1. The van der Waals surface area contributed by atoms with Gasteiger partial charge in [0.05, 0.1) is 19.2 Å². The van der Waals surface area contributed by atoms with E-state index in [1.165, 1.54) is 6.26 Å². The molecule has 5 nitrogen and oxygen atoms in total. The average molecular weight is 274 g/mol. The van der Waals surface area contributed by atoms with Crippen LogP contribution in [0.5, 0.6) is 5.75 Å². The van der Waals surface area contributed by atoms with Gasteiger partial charge in [0.2, 0.25) is 0 Å². The maximum Gasteiger partial charge on any atom is 0.258 e. The van der Waals surface area contributed by atoms with Crippen LogP contribution in [0.1, 0.15) is 27.2 Å². The monoisotopic (exact) mass is 274 g/mol. The van der Waals surface area contributed by atoms with Gasteiger partial charge in [-0.25, -0.2) is 0 Å². The molecule has 1 amide bonds. The summed E-state index contributed by atoms with van der Waals surface area (Å²) in [4.78, 5) is 12.1. The summed E-state index contributed by atoms with van der Waals surface area (Å²) < 4.78 is 10.5. The van der Waals surface area contributed by atoms with Crippen molar-refractivity contribution in [1.29, 1.82) is 0 Å². The molecule has 0 fully saturated rings. The Morgan fingerprint density at radius 2 is 2.15 bits per heavy atom. The molecule has 3 N–H and O–H groups in total. The Labute approximate surface area is 117 Å². The zero-order valence-electron chi connectivity index (χ0n) is 11.8. The van der Waals surface area contributed by atoms with Crippen LogP contribution in [0.25, 0.3) is 0 Å². The first-order chi connectivity index (χ1) is 9.56. The molecule has 2 rings (SSSR count). The van der Waals surface area contributed by atoms with E-state index in [1.54, 1.807) is 13.2 Å². The number of methoxy groups -OCH3 is 1. The highest BCUT2D eigenvalue weighted by molar-refractivity contribution is 6.04. The van der Waals surface area contributed by atoms with E-state index in [9.17, 15) is 4.79 Å². The Balaban J connectivity index is 2.23. The molecule has 2 aromatic rings. The maximum absolute atomic E-state index is 12.1. The summed E-state index contributed by atoms with van der Waals surface area (Å²) in [6.07, 6.45) is 1.40. The smallest absolute Gasteiger partial charge is 0.258 e. The van der Waals surface area contributed by atoms with Crippen LogP contribution in [0.15, 0.2) is 28.9 Å². The van der Waals surface area contributed by atoms with Crippen LogP contribution in [0.3, 0.4) is 0 Å². The van der Waals surface area contributed by atoms with Crippen molar-refractivity contribution in [2.24, 2.45) is 5.73 Å². The highest BCUT2D eigenvalue weighted by atomic mass is 16.5. The van der Waals surface area contributed by atoms with Gasteiger partial charge in [-0.3, -0.25) is 4.79 Å². The lowest BCUT2D eigenvalue weighted by molar-refractivity contribution is 0.102. The Morgan fingerprint density at radius 3 is 2.75 bits per heavy atom. The van der Waals surface area contributed by atoms with Crippen molar-refractivity contribution in [3.8, 4) is 5.75 Å². The van der Waals surface area contributed by atoms with Crippen LogP contribution < -0.4 is 15.8 Å². The second-order valence-electron chi connectivity index (χ2n) is 4.55. The molecule has 0 aliphatic rings. The summed E-state index contributed by atoms with van der Waals surface area (Å²) in [7, 11) is 1.62. The molecule has 0 unspecified atom stereocenters. The Bertz CT molecular complexity index is 632. The minimum Gasteiger partial charge on any atom is -0.496 e. The average Bonchev–Trinajstić information content (AvgIpc) is 2.91. The molecule has 1 aromatic carbocycles. The van der Waals surface area contributed by atoms with E-state index in [0.717, 1.165) is 16.9 Å². The Kier molecular flexibility index (Phi) is 4.10. The lowest BCUT2D eigenvalue weighted by atomic mass is 10.1. The molecular formula is C15H18N2O3. The number of rotatable bonds is 4. The highest BCUT2D eigenvalue weighted by Crippen LogP contribution is 2.29. The molecule has 106 valence electrons. The minimum absolute atomic E-state index is 0.234. The first-order valence-corrected chi connectivity index (χ1v) is 6.29. The van der Waals surface area contributed by atoms with E-state index < -0.39 is 0 Å². The number of aryl methyl sites for hydroxylation is 1. The summed E-state index contributed by atoms with van der Waals surface area (Å²) in [5.74, 6) is 1.12. The van der Waals surface area contributed by atoms with Gasteiger partial charge < -0.3 is 20.2 Å². The van der Waals surface area contributed by atoms with Crippen molar-refractivity contribution in [2.45, 2.75) is 20.4 Å². The number of hydrogen-bond acceptors (Lipinski definition) is 4. The van der Waals surface area contributed by atoms with E-state index in [1.807, 2.05) is 26.0 Å². The molecule has 0 saturated carbocycles. The molecule has 20 heavy (non-hydrogen) atoms. The molecule has 0 aliphatic heterocycles. The lowest BCUT2D eigenvalue weighted by Gasteiger charge is -2.13. The van der Waals surface area contributed by atoms with E-state index in [4.69, 9.17) is 14.9 Å². The molecule has 5 heteroatoms. The lowest BCUT2D eigenvalue weighted by Crippen LogP contribution is -2.12. The Morgan fingerprint density at radius 1 is 1.40 bits per heavy atom. The fraction of sp³-hybridized carbons (Fsp3) is 0.267. The summed E-state index contributed by atoms with van der Waals surface area (Å²) in [5, 5.41) is 2.85. The molecule has 1 heterocycles. The number of nitrogens with one attached hydrogen (secondary N) is 1. The molecule has 1 aromatic heterocycles. The van der Waals surface area contributed by atoms with Crippen molar-refractivity contribution in [1.82, 2.24) is 0 Å². The predicted molar refractivity (Wildman–Crippen MR) is 77.0 cm³/mol. The van der Waals surface area contributed by atoms with Crippen LogP contribution in [-0.4, -0.2) is 13.0 Å². The van der Waals surface area contributed by atoms with Gasteiger partial charge >= 0.3 is 0 Å². The van der Waals surface area contributed by atoms with E-state index in [2.05, 4.69) is 5.32 Å². The number of anilines is 1. The van der Waals surface area contributed by atoms with Gasteiger partial charge in [0.15, 0.2) is 0 Å². The largest absolute Gasteiger partial charge is 0.496 e. The van der Waals surface area contributed by atoms with Crippen molar-refractivity contribution in [3.05, 3.63) is 46.9 Å². The standard InChI is InChI=1S/C15H18N2O3/c1-9-4-5-13(10(2)14(9)19-3)17-15(18)11-6-12(7-16)20-8-11/h4-6,8H,7,16H2,1-3H3,(H,17,18). The van der Waals surface area contributed by atoms with Crippen LogP contribution >= 0.6 is 0 Å². The second-order valence-corrected chi connectivity index (χ2v) is 4.55. The number of carbonyl (C=O) groups excluding carboxylic acids is 1. The third-order valence-electron chi connectivity index (χ3n) is 3.17. The topological polar surface area (TPSA) is 77.5 Å². The molecule has 0 bridgehead atoms.